The Hall–Kier alpha value is -3.38. The van der Waals surface area contributed by atoms with Crippen LogP contribution < -0.4 is 0 Å². The minimum Gasteiger partial charge on any atom is -0.382 e. The minimum atomic E-state index is -0.734. The Bertz CT molecular complexity index is 934. The van der Waals surface area contributed by atoms with Crippen molar-refractivity contribution in [1.29, 1.82) is 0 Å². The summed E-state index contributed by atoms with van der Waals surface area (Å²) >= 11 is 0. The molecular weight excluding hydrogens is 424 g/mol. The van der Waals surface area contributed by atoms with Crippen molar-refractivity contribution in [2.45, 2.75) is 6.42 Å². The summed E-state index contributed by atoms with van der Waals surface area (Å²) in [5.41, 5.74) is -0.353. The quantitative estimate of drug-likeness (QED) is 0.233. The van der Waals surface area contributed by atoms with Crippen molar-refractivity contribution >= 4 is 29.3 Å². The number of nitro benzene ring substituents is 1. The van der Waals surface area contributed by atoms with Crippen LogP contribution in [0, 0.1) is 10.1 Å². The Morgan fingerprint density at radius 1 is 1.00 bits per heavy atom. The molecule has 32 heavy (non-hydrogen) atoms. The number of amides is 4. The highest BCUT2D eigenvalue weighted by molar-refractivity contribution is 6.22. The number of carbonyl (C=O) groups excluding carboxylic acids is 4. The van der Waals surface area contributed by atoms with Gasteiger partial charge in [-0.3, -0.25) is 34.2 Å². The number of non-ortho nitro benzene ring substituents is 1. The van der Waals surface area contributed by atoms with E-state index in [0.29, 0.717) is 39.3 Å². The van der Waals surface area contributed by atoms with Crippen LogP contribution in [-0.2, 0) is 19.1 Å². The molecule has 12 heteroatoms. The van der Waals surface area contributed by atoms with E-state index >= 15 is 0 Å². The number of hydrogen-bond donors (Lipinski definition) is 0. The van der Waals surface area contributed by atoms with E-state index in [1.165, 1.54) is 18.1 Å². The van der Waals surface area contributed by atoms with Crippen LogP contribution in [0.1, 0.15) is 27.1 Å². The summed E-state index contributed by atoms with van der Waals surface area (Å²) in [5, 5.41) is 10.9. The molecule has 0 aliphatic carbocycles. The van der Waals surface area contributed by atoms with E-state index < -0.39 is 29.2 Å². The maximum absolute atomic E-state index is 12.8. The van der Waals surface area contributed by atoms with Gasteiger partial charge in [0.15, 0.2) is 0 Å². The molecule has 172 valence electrons. The number of rotatable bonds is 8. The number of ether oxygens (including phenoxy) is 2. The fraction of sp³-hybridized carbons (Fsp3) is 0.500. The van der Waals surface area contributed by atoms with Gasteiger partial charge in [0, 0.05) is 45.4 Å². The third kappa shape index (κ3) is 5.08. The van der Waals surface area contributed by atoms with Crippen molar-refractivity contribution < 1.29 is 33.6 Å². The maximum Gasteiger partial charge on any atom is 0.270 e. The monoisotopic (exact) mass is 448 g/mol. The van der Waals surface area contributed by atoms with Crippen LogP contribution in [0.4, 0.5) is 5.69 Å². The van der Waals surface area contributed by atoms with Gasteiger partial charge < -0.3 is 19.3 Å². The van der Waals surface area contributed by atoms with E-state index in [1.54, 1.807) is 4.90 Å². The van der Waals surface area contributed by atoms with E-state index in [4.69, 9.17) is 9.47 Å². The zero-order chi connectivity index (χ0) is 23.3. The lowest BCUT2D eigenvalue weighted by Gasteiger charge is -2.24. The van der Waals surface area contributed by atoms with Gasteiger partial charge in [-0.15, -0.1) is 0 Å². The number of benzene rings is 1. The predicted octanol–water partition coefficient (Wildman–Crippen LogP) is -0.0853. The number of methoxy groups -OCH3 is 1. The van der Waals surface area contributed by atoms with Crippen LogP contribution in [0.2, 0.25) is 0 Å². The largest absolute Gasteiger partial charge is 0.382 e. The fourth-order valence-electron chi connectivity index (χ4n) is 3.58. The van der Waals surface area contributed by atoms with Crippen molar-refractivity contribution in [2.24, 2.45) is 0 Å². The van der Waals surface area contributed by atoms with Crippen molar-refractivity contribution in [3.8, 4) is 0 Å². The molecule has 3 rings (SSSR count). The Morgan fingerprint density at radius 2 is 1.66 bits per heavy atom. The third-order valence-corrected chi connectivity index (χ3v) is 5.32. The van der Waals surface area contributed by atoms with E-state index in [1.807, 2.05) is 0 Å². The fourth-order valence-corrected chi connectivity index (χ4v) is 3.58. The normalized spacial score (nSPS) is 16.2. The molecule has 4 amide bonds. The molecule has 0 unspecified atom stereocenters. The van der Waals surface area contributed by atoms with Crippen LogP contribution in [0.15, 0.2) is 18.2 Å². The molecule has 2 aliphatic heterocycles. The lowest BCUT2D eigenvalue weighted by Crippen LogP contribution is -2.44. The maximum atomic E-state index is 12.8. The predicted molar refractivity (Wildman–Crippen MR) is 109 cm³/mol. The van der Waals surface area contributed by atoms with E-state index in [9.17, 15) is 29.3 Å². The van der Waals surface area contributed by atoms with Crippen molar-refractivity contribution in [3.63, 3.8) is 0 Å². The highest BCUT2D eigenvalue weighted by Crippen LogP contribution is 2.26. The Labute approximate surface area is 183 Å². The molecule has 0 saturated carbocycles. The standard InChI is InChI=1S/C20H24N4O8/c1-31-9-10-32-13-18(26)22-6-2-5-21(7-8-22)17(25)12-23-19(27)15-4-3-14(24(29)30)11-16(15)20(23)28/h3-4,11H,2,5-10,12-13H2,1H3. The summed E-state index contributed by atoms with van der Waals surface area (Å²) in [6, 6.07) is 3.42. The second-order valence-electron chi connectivity index (χ2n) is 7.34. The SMILES string of the molecule is COCCOCC(=O)N1CCCN(C(=O)CN2C(=O)c3ccc([N+](=O)[O-])cc3C2=O)CC1. The average Bonchev–Trinajstić information content (AvgIpc) is 2.95. The summed E-state index contributed by atoms with van der Waals surface area (Å²) in [7, 11) is 1.54. The Kier molecular flexibility index (Phi) is 7.49. The molecule has 2 aliphatic rings. The highest BCUT2D eigenvalue weighted by Gasteiger charge is 2.38. The summed E-state index contributed by atoms with van der Waals surface area (Å²) in [6.45, 7) is 1.58. The first-order chi connectivity index (χ1) is 15.3. The molecule has 12 nitrogen and oxygen atoms in total. The second-order valence-corrected chi connectivity index (χ2v) is 7.34. The molecule has 0 radical (unpaired) electrons. The number of hydrogen-bond acceptors (Lipinski definition) is 8. The van der Waals surface area contributed by atoms with E-state index in [0.717, 1.165) is 17.0 Å². The van der Waals surface area contributed by atoms with Gasteiger partial charge in [-0.1, -0.05) is 0 Å². The zero-order valence-corrected chi connectivity index (χ0v) is 17.7. The summed E-state index contributed by atoms with van der Waals surface area (Å²) < 4.78 is 10.1. The number of nitrogens with zero attached hydrogens (tertiary/aromatic N) is 4. The zero-order valence-electron chi connectivity index (χ0n) is 17.7. The first kappa shape index (κ1) is 23.3. The smallest absolute Gasteiger partial charge is 0.270 e. The van der Waals surface area contributed by atoms with E-state index in [2.05, 4.69) is 0 Å². The van der Waals surface area contributed by atoms with Gasteiger partial charge in [0.2, 0.25) is 11.8 Å². The van der Waals surface area contributed by atoms with E-state index in [-0.39, 0.29) is 35.9 Å². The van der Waals surface area contributed by atoms with Gasteiger partial charge in [-0.2, -0.15) is 0 Å². The van der Waals surface area contributed by atoms with Gasteiger partial charge in [0.05, 0.1) is 29.3 Å². The minimum absolute atomic E-state index is 0.0366. The summed E-state index contributed by atoms with van der Waals surface area (Å²) in [6.07, 6.45) is 0.546. The van der Waals surface area contributed by atoms with Gasteiger partial charge in [0.1, 0.15) is 13.2 Å². The topological polar surface area (TPSA) is 140 Å². The molecule has 0 N–H and O–H groups in total. The van der Waals surface area contributed by atoms with Crippen LogP contribution in [0.5, 0.6) is 0 Å². The lowest BCUT2D eigenvalue weighted by atomic mass is 10.1. The van der Waals surface area contributed by atoms with Crippen molar-refractivity contribution in [1.82, 2.24) is 14.7 Å². The van der Waals surface area contributed by atoms with Crippen molar-refractivity contribution in [3.05, 3.63) is 39.4 Å². The first-order valence-electron chi connectivity index (χ1n) is 10.1. The van der Waals surface area contributed by atoms with Crippen LogP contribution >= 0.6 is 0 Å². The molecule has 0 spiro atoms. The van der Waals surface area contributed by atoms with Gasteiger partial charge in [-0.25, -0.2) is 0 Å². The average molecular weight is 448 g/mol. The van der Waals surface area contributed by atoms with Crippen LogP contribution in [0.3, 0.4) is 0 Å². The molecule has 0 aromatic heterocycles. The number of carbonyl (C=O) groups is 4. The Balaban J connectivity index is 1.57. The lowest BCUT2D eigenvalue weighted by molar-refractivity contribution is -0.384. The van der Waals surface area contributed by atoms with Gasteiger partial charge in [-0.05, 0) is 12.5 Å². The third-order valence-electron chi connectivity index (χ3n) is 5.32. The molecule has 1 fully saturated rings. The Morgan fingerprint density at radius 3 is 2.31 bits per heavy atom. The molecule has 2 heterocycles. The molecular formula is C20H24N4O8. The van der Waals surface area contributed by atoms with Crippen molar-refractivity contribution in [2.75, 3.05) is 59.7 Å². The van der Waals surface area contributed by atoms with Crippen LogP contribution in [-0.4, -0.2) is 103 Å². The van der Waals surface area contributed by atoms with Gasteiger partial charge in [0.25, 0.3) is 17.5 Å². The first-order valence-corrected chi connectivity index (χ1v) is 10.1. The second kappa shape index (κ2) is 10.3. The van der Waals surface area contributed by atoms with Gasteiger partial charge >= 0.3 is 0 Å². The van der Waals surface area contributed by atoms with Crippen LogP contribution in [0.25, 0.3) is 0 Å². The molecule has 1 aromatic carbocycles. The molecule has 0 bridgehead atoms. The summed E-state index contributed by atoms with van der Waals surface area (Å²) in [4.78, 5) is 64.4. The molecule has 1 aromatic rings. The molecule has 0 atom stereocenters. The molecule has 1 saturated heterocycles. The number of imide groups is 1. The number of nitro groups is 1. The highest BCUT2D eigenvalue weighted by atomic mass is 16.6. The summed E-state index contributed by atoms with van der Waals surface area (Å²) in [5.74, 6) is -2.01. The number of fused-ring (bicyclic) bond motifs is 1.